The van der Waals surface area contributed by atoms with Crippen molar-refractivity contribution in [2.24, 2.45) is 0 Å². The average molecular weight is 1360 g/mol. The van der Waals surface area contributed by atoms with Crippen molar-refractivity contribution in [2.75, 3.05) is 9.80 Å². The van der Waals surface area contributed by atoms with Gasteiger partial charge in [-0.3, -0.25) is 23.7 Å². The van der Waals surface area contributed by atoms with Gasteiger partial charge >= 0.3 is 35.2 Å². The van der Waals surface area contributed by atoms with Crippen LogP contribution in [0.25, 0.3) is 0 Å². The number of carboxylic acids is 3. The fourth-order valence-corrected chi connectivity index (χ4v) is 13.2. The van der Waals surface area contributed by atoms with Gasteiger partial charge in [0, 0.05) is 80.5 Å². The zero-order valence-corrected chi connectivity index (χ0v) is 55.8. The van der Waals surface area contributed by atoms with Gasteiger partial charge in [-0.2, -0.15) is 16.8 Å². The summed E-state index contributed by atoms with van der Waals surface area (Å²) in [6, 6.07) is 17.9. The van der Waals surface area contributed by atoms with Crippen molar-refractivity contribution in [1.82, 2.24) is 5.32 Å². The lowest BCUT2D eigenvalue weighted by Crippen LogP contribution is -2.32. The SMILES string of the molecule is C=C=C=C=C(C(=O)O)N1/C(=C/C=C/C2=[N+](C(=C=C=C=C)C(=O)O)c3ccc(S(=O)(=O)O)cc3C2(C)C)C(C)(C)c2cc(CNC(=O)C(=C=C=C=C)[N+]3=C(/C=C/C=C/C=C4/N(C(=C=C=C=C)C(=O)O)c5ccc(S(=O)(=O)O)cc5C4(C)C)C(C)(C)c4cc(SOOO)ccc43)ccc21. The highest BCUT2D eigenvalue weighted by atomic mass is 32.2. The molecule has 0 atom stereocenters. The normalized spacial score (nSPS) is 16.4. The van der Waals surface area contributed by atoms with Crippen LogP contribution in [0.3, 0.4) is 0 Å². The number of carboxylic acid groups (broad SMARTS) is 3. The molecule has 1 amide bonds. The van der Waals surface area contributed by atoms with Gasteiger partial charge in [0.05, 0.1) is 44.0 Å². The minimum atomic E-state index is -4.70. The Labute approximate surface area is 563 Å². The number of aliphatic carboxylic acids is 3. The summed E-state index contributed by atoms with van der Waals surface area (Å²) >= 11 is 0.721. The number of fused-ring (bicyclic) bond motifs is 4. The lowest BCUT2D eigenvalue weighted by molar-refractivity contribution is -0.432. The summed E-state index contributed by atoms with van der Waals surface area (Å²) < 4.78 is 77.1. The van der Waals surface area contributed by atoms with Crippen LogP contribution >= 0.6 is 12.0 Å². The van der Waals surface area contributed by atoms with Crippen LogP contribution in [-0.2, 0) is 77.0 Å². The summed E-state index contributed by atoms with van der Waals surface area (Å²) in [7, 11) is -9.37. The quantitative estimate of drug-likeness (QED) is 0.00632. The largest absolute Gasteiger partial charge is 0.476 e. The minimum Gasteiger partial charge on any atom is -0.476 e. The summed E-state index contributed by atoms with van der Waals surface area (Å²) in [5, 5.41) is 47.6. The van der Waals surface area contributed by atoms with Crippen LogP contribution in [0.5, 0.6) is 0 Å². The Hall–Kier alpha value is -11.2. The smallest absolute Gasteiger partial charge is 0.411 e. The maximum absolute atomic E-state index is 15.0. The van der Waals surface area contributed by atoms with E-state index < -0.39 is 86.9 Å². The number of hydrogen-bond donors (Lipinski definition) is 7. The van der Waals surface area contributed by atoms with Crippen LogP contribution in [0.15, 0.2) is 265 Å². The zero-order chi connectivity index (χ0) is 71.3. The van der Waals surface area contributed by atoms with Crippen LogP contribution < -0.4 is 15.1 Å². The van der Waals surface area contributed by atoms with Gasteiger partial charge in [-0.1, -0.05) is 92.1 Å². The molecule has 0 saturated heterocycles. The highest BCUT2D eigenvalue weighted by molar-refractivity contribution is 7.94. The summed E-state index contributed by atoms with van der Waals surface area (Å²) in [6.07, 6.45) is 13.1. The second kappa shape index (κ2) is 28.0. The van der Waals surface area contributed by atoms with Gasteiger partial charge in [-0.25, -0.2) is 19.6 Å². The molecule has 0 radical (unpaired) electrons. The topological polar surface area (TPSA) is 301 Å². The highest BCUT2D eigenvalue weighted by Gasteiger charge is 2.51. The van der Waals surface area contributed by atoms with Crippen molar-refractivity contribution in [3.05, 3.63) is 278 Å². The Balaban J connectivity index is 1.21. The van der Waals surface area contributed by atoms with Crippen molar-refractivity contribution in [3.63, 3.8) is 0 Å². The van der Waals surface area contributed by atoms with Gasteiger partial charge in [-0.05, 0) is 166 Å². The molecule has 4 aliphatic rings. The van der Waals surface area contributed by atoms with Crippen molar-refractivity contribution >= 4 is 90.3 Å². The van der Waals surface area contributed by atoms with E-state index in [1.807, 2.05) is 27.7 Å². The predicted octanol–water partition coefficient (Wildman–Crippen LogP) is 11.9. The molecule has 0 aromatic heterocycles. The van der Waals surface area contributed by atoms with Gasteiger partial charge < -0.3 is 20.6 Å². The maximum atomic E-state index is 15.0. The van der Waals surface area contributed by atoms with Crippen molar-refractivity contribution in [3.8, 4) is 0 Å². The predicted molar refractivity (Wildman–Crippen MR) is 360 cm³/mol. The average Bonchev–Trinajstić information content (AvgIpc) is 1.61. The van der Waals surface area contributed by atoms with E-state index in [4.69, 9.17) is 9.59 Å². The molecule has 4 heterocycles. The van der Waals surface area contributed by atoms with Crippen molar-refractivity contribution in [2.45, 2.75) is 98.3 Å². The third kappa shape index (κ3) is 14.0. The number of carbonyl (C=O) groups is 4. The van der Waals surface area contributed by atoms with Gasteiger partial charge in [0.15, 0.2) is 22.8 Å². The Morgan fingerprint density at radius 1 is 0.546 bits per heavy atom. The van der Waals surface area contributed by atoms with E-state index in [0.717, 1.165) is 24.2 Å². The Morgan fingerprint density at radius 2 is 0.990 bits per heavy atom. The van der Waals surface area contributed by atoms with E-state index in [1.54, 1.807) is 117 Å². The van der Waals surface area contributed by atoms with E-state index in [2.05, 4.69) is 105 Å². The molecule has 97 heavy (non-hydrogen) atoms. The van der Waals surface area contributed by atoms with Gasteiger partial charge in [0.1, 0.15) is 0 Å². The van der Waals surface area contributed by atoms with Crippen molar-refractivity contribution < 1.29 is 84.2 Å². The molecule has 0 bridgehead atoms. The van der Waals surface area contributed by atoms with Crippen LogP contribution in [0.2, 0.25) is 0 Å². The summed E-state index contributed by atoms with van der Waals surface area (Å²) in [5.41, 5.74) is 30.6. The second-order valence-electron chi connectivity index (χ2n) is 23.6. The molecule has 0 spiro atoms. The first-order chi connectivity index (χ1) is 45.7. The van der Waals surface area contributed by atoms with Crippen LogP contribution in [0.1, 0.15) is 83.2 Å². The minimum absolute atomic E-state index is 0.0740. The first-order valence-corrected chi connectivity index (χ1v) is 32.4. The summed E-state index contributed by atoms with van der Waals surface area (Å²) in [4.78, 5) is 56.5. The van der Waals surface area contributed by atoms with E-state index in [0.29, 0.717) is 72.6 Å². The zero-order valence-electron chi connectivity index (χ0n) is 53.4. The molecule has 24 heteroatoms. The van der Waals surface area contributed by atoms with Crippen LogP contribution in [0.4, 0.5) is 22.7 Å². The molecule has 0 unspecified atom stereocenters. The van der Waals surface area contributed by atoms with E-state index in [-0.39, 0.29) is 23.6 Å². The van der Waals surface area contributed by atoms with E-state index in [9.17, 15) is 55.6 Å². The number of hydrogen-bond acceptors (Lipinski definition) is 14. The first kappa shape index (κ1) is 71.6. The standard InChI is InChI=1S/C73H59N5O16S3/c1-13-17-25-58(75-55-38-34-47(95-94-93-86)42-51(55)71(7,8)62(75)29-22-21-23-30-63-72(9,10)52-43-48(96(87,88)89)35-39-56(52)77(63)60(68(82)83)27-19-15-3)66(79)74-45-46-33-37-54-50(41-46)70(5,6)64(76(54)59(67(80)81)26-18-14-2)31-24-32-65-73(11,12)53-44-49(97(90,91)92)36-40-57(53)78(65)61(69(84)85)28-20-16-4/h21-24,29-44H,1-4,45H2,5-12H3,(H5-2,74,79,80,81,82,83,84,85,86,87,88,89,90,91,92)/p+2. The van der Waals surface area contributed by atoms with Crippen LogP contribution in [-0.4, -0.2) is 90.9 Å². The third-order valence-corrected chi connectivity index (χ3v) is 18.7. The Bertz CT molecular complexity index is 5220. The molecule has 4 aliphatic heterocycles. The molecule has 7 N–H and O–H groups in total. The molecule has 490 valence electrons. The Morgan fingerprint density at radius 3 is 1.49 bits per heavy atom. The summed E-state index contributed by atoms with van der Waals surface area (Å²) in [6.45, 7) is 28.4. The van der Waals surface area contributed by atoms with Crippen LogP contribution in [0, 0.1) is 0 Å². The van der Waals surface area contributed by atoms with E-state index >= 15 is 4.79 Å². The van der Waals surface area contributed by atoms with Crippen molar-refractivity contribution in [1.29, 1.82) is 0 Å². The number of nitrogens with one attached hydrogen (secondary N) is 1. The highest BCUT2D eigenvalue weighted by Crippen LogP contribution is 2.52. The van der Waals surface area contributed by atoms with E-state index in [1.165, 1.54) is 38.6 Å². The Kier molecular flexibility index (Phi) is 20.7. The summed E-state index contributed by atoms with van der Waals surface area (Å²) in [5.74, 6) is -4.90. The number of allylic oxidation sites excluding steroid dienone is 10. The molecule has 0 aliphatic carbocycles. The molecule has 8 rings (SSSR count). The van der Waals surface area contributed by atoms with Gasteiger partial charge in [0.25, 0.3) is 20.2 Å². The number of anilines is 2. The number of nitrogens with zero attached hydrogens (tertiary/aromatic N) is 4. The number of amides is 1. The first-order valence-electron chi connectivity index (χ1n) is 28.8. The molecule has 0 fully saturated rings. The lowest BCUT2D eigenvalue weighted by Gasteiger charge is -2.26. The fourth-order valence-electron chi connectivity index (χ4n) is 11.8. The monoisotopic (exact) mass is 1360 g/mol. The third-order valence-electron chi connectivity index (χ3n) is 16.4. The molecule has 21 nitrogen and oxygen atoms in total. The lowest BCUT2D eigenvalue weighted by atomic mass is 9.81. The second-order valence-corrected chi connectivity index (χ2v) is 27.2. The van der Waals surface area contributed by atoms with Gasteiger partial charge in [-0.15, -0.1) is 13.5 Å². The molecular formula is C73H61N5O16S3+2. The maximum Gasteiger partial charge on any atom is 0.411 e. The number of rotatable bonds is 20. The van der Waals surface area contributed by atoms with Gasteiger partial charge in [0.2, 0.25) is 11.4 Å². The molecule has 4 aromatic rings. The fraction of sp³-hybridized carbons (Fsp3) is 0.178. The number of benzene rings is 4. The number of carbonyl (C=O) groups excluding carboxylic acids is 1. The molecule has 4 aromatic carbocycles. The molecule has 0 saturated carbocycles. The molecular weight excluding hydrogens is 1300 g/mol.